The van der Waals surface area contributed by atoms with E-state index >= 15 is 0 Å². The molecule has 0 saturated heterocycles. The Labute approximate surface area is 508 Å². The van der Waals surface area contributed by atoms with Gasteiger partial charge in [-0.2, -0.15) is 0 Å². The molecule has 0 aromatic rings. The van der Waals surface area contributed by atoms with Gasteiger partial charge in [0.1, 0.15) is 6.61 Å². The van der Waals surface area contributed by atoms with E-state index < -0.39 is 32.5 Å². The topological polar surface area (TPSA) is 134 Å². The lowest BCUT2D eigenvalue weighted by atomic mass is 10.0. The average molecular weight is 1170 g/mol. The van der Waals surface area contributed by atoms with Crippen molar-refractivity contribution in [2.75, 3.05) is 26.4 Å². The summed E-state index contributed by atoms with van der Waals surface area (Å²) in [4.78, 5) is 35.3. The normalized spacial score (nSPS) is 14.1. The number of hydrogen-bond acceptors (Lipinski definition) is 8. The van der Waals surface area contributed by atoms with Crippen LogP contribution in [0, 0.1) is 0 Å². The molecule has 0 fully saturated rings. The van der Waals surface area contributed by atoms with Crippen molar-refractivity contribution in [1.29, 1.82) is 0 Å². The van der Waals surface area contributed by atoms with Crippen molar-refractivity contribution in [3.63, 3.8) is 0 Å². The molecule has 0 aromatic heterocycles. The van der Waals surface area contributed by atoms with E-state index in [1.165, 1.54) is 57.8 Å². The number of phosphoric ester groups is 1. The van der Waals surface area contributed by atoms with E-state index in [1.807, 2.05) is 0 Å². The zero-order valence-corrected chi connectivity index (χ0v) is 53.3. The van der Waals surface area contributed by atoms with Gasteiger partial charge in [-0.3, -0.25) is 18.6 Å². The summed E-state index contributed by atoms with van der Waals surface area (Å²) < 4.78 is 33.1. The van der Waals surface area contributed by atoms with Crippen LogP contribution in [-0.2, 0) is 32.7 Å². The summed E-state index contributed by atoms with van der Waals surface area (Å²) in [6.07, 6.45) is 98.4. The highest BCUT2D eigenvalue weighted by molar-refractivity contribution is 7.47. The highest BCUT2D eigenvalue weighted by atomic mass is 31.2. The number of rotatable bonds is 59. The van der Waals surface area contributed by atoms with Crippen LogP contribution >= 0.6 is 7.82 Å². The smallest absolute Gasteiger partial charge is 0.462 e. The fourth-order valence-electron chi connectivity index (χ4n) is 8.36. The van der Waals surface area contributed by atoms with Gasteiger partial charge in [-0.15, -0.1) is 0 Å². The van der Waals surface area contributed by atoms with Gasteiger partial charge in [0, 0.05) is 19.4 Å². The van der Waals surface area contributed by atoms with Crippen molar-refractivity contribution in [2.24, 2.45) is 5.73 Å². The molecular formula is C73H118NO8P. The van der Waals surface area contributed by atoms with Crippen molar-refractivity contribution >= 4 is 19.8 Å². The first-order valence-electron chi connectivity index (χ1n) is 32.6. The van der Waals surface area contributed by atoms with Gasteiger partial charge >= 0.3 is 19.8 Å². The van der Waals surface area contributed by atoms with Gasteiger partial charge in [0.2, 0.25) is 0 Å². The molecule has 0 spiro atoms. The van der Waals surface area contributed by atoms with Crippen LogP contribution in [0.15, 0.2) is 170 Å². The summed E-state index contributed by atoms with van der Waals surface area (Å²) in [5.41, 5.74) is 5.39. The molecule has 0 bridgehead atoms. The Morgan fingerprint density at radius 2 is 0.627 bits per heavy atom. The van der Waals surface area contributed by atoms with Crippen molar-refractivity contribution in [3.8, 4) is 0 Å². The van der Waals surface area contributed by atoms with Gasteiger partial charge in [-0.25, -0.2) is 4.57 Å². The van der Waals surface area contributed by atoms with Crippen molar-refractivity contribution in [3.05, 3.63) is 170 Å². The summed E-state index contributed by atoms with van der Waals surface area (Å²) in [5, 5.41) is 0. The largest absolute Gasteiger partial charge is 0.472 e. The zero-order chi connectivity index (χ0) is 60.1. The number of carbonyl (C=O) groups is 2. The van der Waals surface area contributed by atoms with Gasteiger partial charge in [0.25, 0.3) is 0 Å². The van der Waals surface area contributed by atoms with Gasteiger partial charge < -0.3 is 20.1 Å². The Kier molecular flexibility index (Phi) is 62.8. The number of nitrogens with two attached hydrogens (primary N) is 1. The van der Waals surface area contributed by atoms with E-state index in [-0.39, 0.29) is 32.6 Å². The van der Waals surface area contributed by atoms with E-state index in [4.69, 9.17) is 24.3 Å². The van der Waals surface area contributed by atoms with Crippen LogP contribution in [0.25, 0.3) is 0 Å². The maximum absolute atomic E-state index is 12.7. The molecule has 2 unspecified atom stereocenters. The number of esters is 2. The molecule has 10 heteroatoms. The predicted molar refractivity (Wildman–Crippen MR) is 357 cm³/mol. The molecule has 9 nitrogen and oxygen atoms in total. The lowest BCUT2D eigenvalue weighted by Gasteiger charge is -2.19. The average Bonchev–Trinajstić information content (AvgIpc) is 3.48. The van der Waals surface area contributed by atoms with Crippen LogP contribution in [0.4, 0.5) is 0 Å². The minimum Gasteiger partial charge on any atom is -0.462 e. The molecule has 0 heterocycles. The first-order chi connectivity index (χ1) is 40.8. The van der Waals surface area contributed by atoms with Crippen molar-refractivity contribution < 1.29 is 37.6 Å². The van der Waals surface area contributed by atoms with Crippen LogP contribution in [0.3, 0.4) is 0 Å². The van der Waals surface area contributed by atoms with Gasteiger partial charge in [0.05, 0.1) is 13.2 Å². The minimum atomic E-state index is -4.41. The maximum atomic E-state index is 12.7. The van der Waals surface area contributed by atoms with Gasteiger partial charge in [-0.1, -0.05) is 274 Å². The summed E-state index contributed by atoms with van der Waals surface area (Å²) in [6.45, 7) is 3.48. The maximum Gasteiger partial charge on any atom is 0.472 e. The molecule has 0 aromatic carbocycles. The highest BCUT2D eigenvalue weighted by Gasteiger charge is 2.26. The Bertz CT molecular complexity index is 1960. The lowest BCUT2D eigenvalue weighted by molar-refractivity contribution is -0.161. The van der Waals surface area contributed by atoms with Gasteiger partial charge in [-0.05, 0) is 128 Å². The van der Waals surface area contributed by atoms with E-state index in [1.54, 1.807) is 0 Å². The number of hydrogen-bond donors (Lipinski definition) is 2. The predicted octanol–water partition coefficient (Wildman–Crippen LogP) is 21.4. The second-order valence-electron chi connectivity index (χ2n) is 20.9. The molecule has 0 rings (SSSR count). The van der Waals surface area contributed by atoms with Crippen LogP contribution < -0.4 is 5.73 Å². The molecule has 0 aliphatic rings. The third-order valence-corrected chi connectivity index (χ3v) is 14.1. The lowest BCUT2D eigenvalue weighted by Crippen LogP contribution is -2.29. The molecule has 0 aliphatic heterocycles. The number of allylic oxidation sites excluding steroid dienone is 28. The summed E-state index contributed by atoms with van der Waals surface area (Å²) >= 11 is 0. The first-order valence-corrected chi connectivity index (χ1v) is 34.1. The fourth-order valence-corrected chi connectivity index (χ4v) is 9.13. The Hall–Kier alpha value is -4.63. The SMILES string of the molecule is CC/C=C\C/C=C\C/C=C\C/C=C\C/C=C\C/C=C\C/C=C\C/C=C\CCCCCCCCC(=O)OC(COC(=O)CCCCCCCCCCCCCC/C=C\C/C=C\C/C=C\C/C=C\C/C=C\C/C=C\CC)COP(=O)(O)OCCN. The van der Waals surface area contributed by atoms with Crippen LogP contribution in [0.2, 0.25) is 0 Å². The molecular weight excluding hydrogens is 1050 g/mol. The fraction of sp³-hybridized carbons (Fsp3) is 0.589. The van der Waals surface area contributed by atoms with Crippen LogP contribution in [0.1, 0.15) is 245 Å². The van der Waals surface area contributed by atoms with Gasteiger partial charge in [0.15, 0.2) is 6.10 Å². The van der Waals surface area contributed by atoms with Crippen molar-refractivity contribution in [2.45, 2.75) is 251 Å². The molecule has 468 valence electrons. The molecule has 0 radical (unpaired) electrons. The van der Waals surface area contributed by atoms with E-state index in [0.29, 0.717) is 6.42 Å². The van der Waals surface area contributed by atoms with E-state index in [2.05, 4.69) is 184 Å². The molecule has 83 heavy (non-hydrogen) atoms. The molecule has 2 atom stereocenters. The summed E-state index contributed by atoms with van der Waals surface area (Å²) in [6, 6.07) is 0. The van der Waals surface area contributed by atoms with E-state index in [9.17, 15) is 19.0 Å². The third-order valence-electron chi connectivity index (χ3n) is 13.1. The summed E-state index contributed by atoms with van der Waals surface area (Å²) in [7, 11) is -4.41. The second kappa shape index (κ2) is 66.5. The third kappa shape index (κ3) is 66.4. The number of carbonyl (C=O) groups excluding carboxylic acids is 2. The summed E-state index contributed by atoms with van der Waals surface area (Å²) in [5.74, 6) is -0.857. The monoisotopic (exact) mass is 1170 g/mol. The minimum absolute atomic E-state index is 0.0415. The first kappa shape index (κ1) is 78.4. The molecule has 0 aliphatic carbocycles. The molecule has 0 saturated carbocycles. The Morgan fingerprint density at radius 3 is 0.928 bits per heavy atom. The quantitative estimate of drug-likeness (QED) is 0.0264. The number of unbranched alkanes of at least 4 members (excludes halogenated alkanes) is 18. The van der Waals surface area contributed by atoms with Crippen LogP contribution in [-0.4, -0.2) is 49.3 Å². The molecule has 0 amide bonds. The second-order valence-corrected chi connectivity index (χ2v) is 22.3. The van der Waals surface area contributed by atoms with Crippen molar-refractivity contribution in [1.82, 2.24) is 0 Å². The van der Waals surface area contributed by atoms with Crippen LogP contribution in [0.5, 0.6) is 0 Å². The standard InChI is InChI=1S/C73H118NO8P/c1-3-5-7-9-11-13-15-17-19-21-23-25-27-29-31-33-35-37-39-41-43-45-47-49-51-53-55-57-59-61-63-65-72(75)79-69-71(70-81-83(77,78)80-68-67-74)82-73(76)66-64-62-60-58-56-54-52-50-48-46-44-42-40-38-36-34-32-30-28-26-24-22-20-18-16-14-12-10-8-6-4-2/h5-8,11-14,17-20,23-26,29-32,35-38,42,44,48,50,71H,3-4,9-10,15-16,21-22,27-28,33-34,39-41,43,45-47,49,51-70,74H2,1-2H3,(H,77,78)/b7-5-,8-6-,13-11-,14-12-,19-17-,20-18-,25-23-,26-24-,31-29-,32-30-,37-35-,38-36-,44-42-,50-48-. The Morgan fingerprint density at radius 1 is 0.361 bits per heavy atom. The zero-order valence-electron chi connectivity index (χ0n) is 52.4. The van der Waals surface area contributed by atoms with E-state index in [0.717, 1.165) is 154 Å². The number of phosphoric acid groups is 1. The highest BCUT2D eigenvalue weighted by Crippen LogP contribution is 2.43. The Balaban J connectivity index is 4.03. The molecule has 3 N–H and O–H groups in total. The number of ether oxygens (including phenoxy) is 2.